The normalized spacial score (nSPS) is 13.4. The summed E-state index contributed by atoms with van der Waals surface area (Å²) in [6.07, 6.45) is 4.91. The number of fused-ring (bicyclic) bond motifs is 1. The number of thiazole rings is 1. The summed E-state index contributed by atoms with van der Waals surface area (Å²) in [6.45, 7) is 4.14. The summed E-state index contributed by atoms with van der Waals surface area (Å²) in [4.78, 5) is 17.2. The van der Waals surface area contributed by atoms with Crippen LogP contribution in [0.2, 0.25) is 0 Å². The third-order valence-corrected chi connectivity index (χ3v) is 3.41. The number of aromatic nitrogens is 2. The third-order valence-electron chi connectivity index (χ3n) is 2.64. The molecule has 0 amide bonds. The second kappa shape index (κ2) is 4.98. The van der Waals surface area contributed by atoms with Crippen LogP contribution in [0.1, 0.15) is 26.0 Å². The zero-order valence-corrected chi connectivity index (χ0v) is 10.9. The van der Waals surface area contributed by atoms with Crippen molar-refractivity contribution in [2.75, 3.05) is 0 Å². The lowest BCUT2D eigenvalue weighted by atomic mass is 9.99. The van der Waals surface area contributed by atoms with Crippen LogP contribution in [0.25, 0.3) is 4.96 Å². The number of hydrogen-bond acceptors (Lipinski definition) is 4. The van der Waals surface area contributed by atoms with E-state index in [2.05, 4.69) is 18.8 Å². The first-order chi connectivity index (χ1) is 8.06. The summed E-state index contributed by atoms with van der Waals surface area (Å²) in [5.74, 6) is 0.517. The Morgan fingerprint density at radius 1 is 1.59 bits per heavy atom. The molecule has 0 saturated carbocycles. The van der Waals surface area contributed by atoms with E-state index in [1.165, 1.54) is 0 Å². The Morgan fingerprint density at radius 2 is 2.35 bits per heavy atom. The molecule has 2 aromatic heterocycles. The minimum atomic E-state index is -0.366. The van der Waals surface area contributed by atoms with Crippen LogP contribution in [0, 0.1) is 5.92 Å². The molecule has 1 unspecified atom stereocenters. The van der Waals surface area contributed by atoms with Gasteiger partial charge >= 0.3 is 0 Å². The molecule has 0 bridgehead atoms. The first kappa shape index (κ1) is 12.3. The van der Waals surface area contributed by atoms with E-state index in [4.69, 9.17) is 5.73 Å². The lowest BCUT2D eigenvalue weighted by Crippen LogP contribution is -2.33. The molecular formula is C12H17N3OS. The minimum Gasteiger partial charge on any atom is -0.321 e. The highest BCUT2D eigenvalue weighted by molar-refractivity contribution is 7.15. The van der Waals surface area contributed by atoms with E-state index in [-0.39, 0.29) is 11.8 Å². The van der Waals surface area contributed by atoms with Crippen molar-refractivity contribution in [3.8, 4) is 0 Å². The van der Waals surface area contributed by atoms with Gasteiger partial charge < -0.3 is 5.73 Å². The van der Waals surface area contributed by atoms with Gasteiger partial charge in [-0.15, -0.1) is 11.3 Å². The highest BCUT2D eigenvalue weighted by Crippen LogP contribution is 2.13. The van der Waals surface area contributed by atoms with Crippen molar-refractivity contribution in [3.63, 3.8) is 0 Å². The fraction of sp³-hybridized carbons (Fsp3) is 0.500. The summed E-state index contributed by atoms with van der Waals surface area (Å²) >= 11 is 1.56. The van der Waals surface area contributed by atoms with Crippen LogP contribution in [-0.2, 0) is 11.2 Å². The molecule has 2 rings (SSSR count). The van der Waals surface area contributed by atoms with Crippen LogP contribution in [0.4, 0.5) is 0 Å². The maximum Gasteiger partial charge on any atom is 0.193 e. The summed E-state index contributed by atoms with van der Waals surface area (Å²) < 4.78 is 1.93. The Labute approximate surface area is 104 Å². The second-order valence-electron chi connectivity index (χ2n) is 4.70. The molecule has 0 aliphatic carbocycles. The molecule has 0 fully saturated rings. The van der Waals surface area contributed by atoms with Gasteiger partial charge in [-0.05, 0) is 12.3 Å². The molecule has 4 nitrogen and oxygen atoms in total. The predicted octanol–water partition coefficient (Wildman–Crippen LogP) is 1.88. The highest BCUT2D eigenvalue weighted by atomic mass is 32.1. The van der Waals surface area contributed by atoms with Gasteiger partial charge in [-0.2, -0.15) is 0 Å². The molecule has 0 spiro atoms. The molecule has 0 aliphatic rings. The maximum atomic E-state index is 11.9. The summed E-state index contributed by atoms with van der Waals surface area (Å²) in [7, 11) is 0. The van der Waals surface area contributed by atoms with Crippen LogP contribution < -0.4 is 5.73 Å². The van der Waals surface area contributed by atoms with Crippen molar-refractivity contribution in [2.45, 2.75) is 32.7 Å². The van der Waals surface area contributed by atoms with Gasteiger partial charge in [0.1, 0.15) is 0 Å². The van der Waals surface area contributed by atoms with E-state index in [9.17, 15) is 4.79 Å². The minimum absolute atomic E-state index is 0.0736. The molecule has 0 aliphatic heterocycles. The lowest BCUT2D eigenvalue weighted by Gasteiger charge is -2.11. The number of imidazole rings is 1. The molecule has 1 atom stereocenters. The predicted molar refractivity (Wildman–Crippen MR) is 69.2 cm³/mol. The fourth-order valence-corrected chi connectivity index (χ4v) is 2.53. The van der Waals surface area contributed by atoms with Gasteiger partial charge in [0, 0.05) is 17.8 Å². The summed E-state index contributed by atoms with van der Waals surface area (Å²) in [5, 5.41) is 1.97. The zero-order chi connectivity index (χ0) is 12.4. The number of nitrogens with two attached hydrogens (primary N) is 1. The van der Waals surface area contributed by atoms with Crippen molar-refractivity contribution >= 4 is 22.1 Å². The largest absolute Gasteiger partial charge is 0.321 e. The van der Waals surface area contributed by atoms with E-state index < -0.39 is 0 Å². The van der Waals surface area contributed by atoms with E-state index in [0.717, 1.165) is 17.1 Å². The molecule has 92 valence electrons. The number of carbonyl (C=O) groups is 1. The summed E-state index contributed by atoms with van der Waals surface area (Å²) in [5.41, 5.74) is 6.66. The second-order valence-corrected chi connectivity index (χ2v) is 5.58. The van der Waals surface area contributed by atoms with Crippen LogP contribution >= 0.6 is 11.3 Å². The Hall–Kier alpha value is -1.20. The first-order valence-electron chi connectivity index (χ1n) is 5.75. The van der Waals surface area contributed by atoms with Crippen LogP contribution in [0.3, 0.4) is 0 Å². The number of ketones is 1. The number of nitrogens with zero attached hydrogens (tertiary/aromatic N) is 2. The van der Waals surface area contributed by atoms with Gasteiger partial charge in [0.25, 0.3) is 0 Å². The Morgan fingerprint density at radius 3 is 3.00 bits per heavy atom. The molecule has 2 N–H and O–H groups in total. The highest BCUT2D eigenvalue weighted by Gasteiger charge is 2.16. The van der Waals surface area contributed by atoms with Gasteiger partial charge in [0.2, 0.25) is 0 Å². The third kappa shape index (κ3) is 2.92. The monoisotopic (exact) mass is 251 g/mol. The van der Waals surface area contributed by atoms with Crippen molar-refractivity contribution < 1.29 is 4.79 Å². The standard InChI is InChI=1S/C12H17N3OS/c1-8(2)5-10(13)11(16)6-9-7-15-3-4-17-12(15)14-9/h3-4,7-8,10H,5-6,13H2,1-2H3. The van der Waals surface area contributed by atoms with E-state index in [1.807, 2.05) is 22.2 Å². The van der Waals surface area contributed by atoms with Crippen LogP contribution in [-0.4, -0.2) is 21.2 Å². The van der Waals surface area contributed by atoms with E-state index in [0.29, 0.717) is 12.3 Å². The van der Waals surface area contributed by atoms with Gasteiger partial charge in [0.05, 0.1) is 18.2 Å². The van der Waals surface area contributed by atoms with Crippen LogP contribution in [0.15, 0.2) is 17.8 Å². The number of rotatable bonds is 5. The molecule has 2 heterocycles. The average Bonchev–Trinajstić information content (AvgIpc) is 2.76. The lowest BCUT2D eigenvalue weighted by molar-refractivity contribution is -0.120. The average molecular weight is 251 g/mol. The number of Topliss-reactive ketones (excluding diaryl/α,β-unsaturated/α-hetero) is 1. The SMILES string of the molecule is CC(C)CC(N)C(=O)Cc1cn2ccsc2n1. The van der Waals surface area contributed by atoms with Crippen LogP contribution in [0.5, 0.6) is 0 Å². The molecule has 0 saturated heterocycles. The van der Waals surface area contributed by atoms with Gasteiger partial charge in [-0.25, -0.2) is 4.98 Å². The van der Waals surface area contributed by atoms with Crippen molar-refractivity contribution in [2.24, 2.45) is 11.7 Å². The smallest absolute Gasteiger partial charge is 0.193 e. The van der Waals surface area contributed by atoms with Gasteiger partial charge in [-0.3, -0.25) is 9.20 Å². The number of hydrogen-bond donors (Lipinski definition) is 1. The molecule has 2 aromatic rings. The molecular weight excluding hydrogens is 234 g/mol. The molecule has 0 radical (unpaired) electrons. The maximum absolute atomic E-state index is 11.9. The quantitative estimate of drug-likeness (QED) is 0.882. The Bertz CT molecular complexity index is 486. The topological polar surface area (TPSA) is 60.4 Å². The zero-order valence-electron chi connectivity index (χ0n) is 10.1. The summed E-state index contributed by atoms with van der Waals surface area (Å²) in [6, 6.07) is -0.366. The van der Waals surface area contributed by atoms with E-state index >= 15 is 0 Å². The fourth-order valence-electron chi connectivity index (χ4n) is 1.81. The molecule has 0 aromatic carbocycles. The van der Waals surface area contributed by atoms with Crippen molar-refractivity contribution in [3.05, 3.63) is 23.5 Å². The first-order valence-corrected chi connectivity index (χ1v) is 6.63. The molecule has 5 heteroatoms. The van der Waals surface area contributed by atoms with E-state index in [1.54, 1.807) is 11.3 Å². The number of carbonyl (C=O) groups excluding carboxylic acids is 1. The van der Waals surface area contributed by atoms with Gasteiger partial charge in [0.15, 0.2) is 10.7 Å². The Kier molecular flexibility index (Phi) is 3.59. The van der Waals surface area contributed by atoms with Crippen molar-refractivity contribution in [1.82, 2.24) is 9.38 Å². The van der Waals surface area contributed by atoms with Crippen molar-refractivity contribution in [1.29, 1.82) is 0 Å². The van der Waals surface area contributed by atoms with Gasteiger partial charge in [-0.1, -0.05) is 13.8 Å². The Balaban J connectivity index is 2.01. The molecule has 17 heavy (non-hydrogen) atoms.